The summed E-state index contributed by atoms with van der Waals surface area (Å²) in [6, 6.07) is 0. The topological polar surface area (TPSA) is 72.8 Å². The molecule has 0 aliphatic heterocycles. The van der Waals surface area contributed by atoms with E-state index in [2.05, 4.69) is 9.46 Å². The summed E-state index contributed by atoms with van der Waals surface area (Å²) in [5.41, 5.74) is -1.88. The van der Waals surface area contributed by atoms with Crippen LogP contribution in [0.4, 0.5) is 9.05 Å². The fraction of sp³-hybridized carbons (Fsp3) is 0.667. The minimum Gasteiger partial charge on any atom is -0.481 e. The standard InChI is InChI=1S/C3H5F2O5P/c1-2(3(6)7)11(8,9-4)10-5/h2H,1H3,(H,6,7). The molecule has 0 aliphatic carbocycles. The second-order valence-electron chi connectivity index (χ2n) is 1.69. The van der Waals surface area contributed by atoms with Crippen LogP contribution in [0.25, 0.3) is 0 Å². The van der Waals surface area contributed by atoms with Crippen LogP contribution in [0.15, 0.2) is 0 Å². The summed E-state index contributed by atoms with van der Waals surface area (Å²) in [5, 5.41) is 8.11. The van der Waals surface area contributed by atoms with Crippen molar-refractivity contribution >= 4 is 13.6 Å². The van der Waals surface area contributed by atoms with Crippen LogP contribution >= 0.6 is 7.60 Å². The molecule has 0 aromatic heterocycles. The summed E-state index contributed by atoms with van der Waals surface area (Å²) in [5.74, 6) is -1.68. The minimum atomic E-state index is -4.76. The smallest absolute Gasteiger partial charge is 0.408 e. The molecule has 0 spiro atoms. The molecule has 1 unspecified atom stereocenters. The first-order chi connectivity index (χ1) is 4.98. The van der Waals surface area contributed by atoms with Gasteiger partial charge in [-0.2, -0.15) is 0 Å². The molecule has 1 N–H and O–H groups in total. The number of carboxylic acids is 1. The molecular weight excluding hydrogens is 185 g/mol. The van der Waals surface area contributed by atoms with Gasteiger partial charge in [-0.1, -0.05) is 0 Å². The summed E-state index contributed by atoms with van der Waals surface area (Å²) in [6.45, 7) is 0.794. The van der Waals surface area contributed by atoms with Crippen LogP contribution in [0.5, 0.6) is 0 Å². The zero-order valence-electron chi connectivity index (χ0n) is 5.36. The maximum absolute atomic E-state index is 11.3. The van der Waals surface area contributed by atoms with Gasteiger partial charge in [-0.25, -0.2) is 0 Å². The van der Waals surface area contributed by atoms with E-state index in [4.69, 9.17) is 5.11 Å². The summed E-state index contributed by atoms with van der Waals surface area (Å²) in [7, 11) is -4.76. The molecule has 5 nitrogen and oxygen atoms in total. The van der Waals surface area contributed by atoms with Crippen LogP contribution in [-0.4, -0.2) is 16.7 Å². The monoisotopic (exact) mass is 190 g/mol. The molecule has 0 heterocycles. The maximum Gasteiger partial charge on any atom is 0.408 e. The van der Waals surface area contributed by atoms with Gasteiger partial charge in [0.1, 0.15) is 0 Å². The van der Waals surface area contributed by atoms with Gasteiger partial charge in [0.05, 0.1) is 0 Å². The molecule has 0 saturated heterocycles. The van der Waals surface area contributed by atoms with E-state index in [1.165, 1.54) is 0 Å². The van der Waals surface area contributed by atoms with E-state index in [0.29, 0.717) is 0 Å². The number of carboxylic acid groups (broad SMARTS) is 1. The number of halogens is 2. The van der Waals surface area contributed by atoms with Crippen molar-refractivity contribution in [3.63, 3.8) is 0 Å². The third kappa shape index (κ3) is 2.21. The number of carbonyl (C=O) groups is 1. The molecule has 0 fully saturated rings. The van der Waals surface area contributed by atoms with E-state index in [-0.39, 0.29) is 0 Å². The zero-order valence-corrected chi connectivity index (χ0v) is 6.26. The Bertz CT molecular complexity index is 186. The van der Waals surface area contributed by atoms with Gasteiger partial charge in [-0.05, 0) is 16.0 Å². The van der Waals surface area contributed by atoms with Gasteiger partial charge in [0, 0.05) is 0 Å². The third-order valence-electron chi connectivity index (χ3n) is 1.02. The first kappa shape index (κ1) is 10.5. The molecule has 8 heteroatoms. The summed E-state index contributed by atoms with van der Waals surface area (Å²) >= 11 is 0. The van der Waals surface area contributed by atoms with Gasteiger partial charge in [-0.3, -0.25) is 9.36 Å². The first-order valence-corrected chi connectivity index (χ1v) is 4.02. The Hall–Kier alpha value is -0.520. The van der Waals surface area contributed by atoms with E-state index in [1.807, 2.05) is 0 Å². The second-order valence-corrected chi connectivity index (χ2v) is 3.82. The lowest BCUT2D eigenvalue weighted by Gasteiger charge is -2.09. The van der Waals surface area contributed by atoms with Crippen molar-refractivity contribution in [2.45, 2.75) is 12.6 Å². The molecular formula is C3H5F2O5P. The van der Waals surface area contributed by atoms with Crippen LogP contribution in [-0.2, 0) is 18.8 Å². The van der Waals surface area contributed by atoms with Crippen molar-refractivity contribution in [3.05, 3.63) is 0 Å². The van der Waals surface area contributed by atoms with Gasteiger partial charge >= 0.3 is 13.6 Å². The highest BCUT2D eigenvalue weighted by molar-refractivity contribution is 7.55. The van der Waals surface area contributed by atoms with Crippen molar-refractivity contribution in [1.29, 1.82) is 0 Å². The number of hydrogen-bond donors (Lipinski definition) is 1. The van der Waals surface area contributed by atoms with Gasteiger partial charge < -0.3 is 5.11 Å². The van der Waals surface area contributed by atoms with Crippen molar-refractivity contribution in [2.75, 3.05) is 0 Å². The van der Waals surface area contributed by atoms with E-state index in [0.717, 1.165) is 6.92 Å². The van der Waals surface area contributed by atoms with Crippen LogP contribution in [0.2, 0.25) is 0 Å². The molecule has 0 aromatic rings. The van der Waals surface area contributed by atoms with Crippen molar-refractivity contribution in [3.8, 4) is 0 Å². The highest BCUT2D eigenvalue weighted by atomic mass is 31.2. The molecule has 0 rings (SSSR count). The molecule has 0 aliphatic rings. The van der Waals surface area contributed by atoms with Crippen molar-refractivity contribution in [2.24, 2.45) is 0 Å². The van der Waals surface area contributed by atoms with E-state index >= 15 is 0 Å². The average molecular weight is 190 g/mol. The van der Waals surface area contributed by atoms with E-state index in [9.17, 15) is 18.4 Å². The number of rotatable bonds is 4. The molecule has 0 bridgehead atoms. The molecule has 0 saturated carbocycles. The van der Waals surface area contributed by atoms with Crippen molar-refractivity contribution < 1.29 is 33.0 Å². The molecule has 0 aromatic carbocycles. The summed E-state index contributed by atoms with van der Waals surface area (Å²) in [4.78, 5) is 10.00. The van der Waals surface area contributed by atoms with Gasteiger partial charge in [0.2, 0.25) is 0 Å². The predicted octanol–water partition coefficient (Wildman–Crippen LogP) is 1.45. The van der Waals surface area contributed by atoms with Gasteiger partial charge in [0.15, 0.2) is 5.66 Å². The lowest BCUT2D eigenvalue weighted by Crippen LogP contribution is -2.16. The third-order valence-corrected chi connectivity index (χ3v) is 2.58. The summed E-state index contributed by atoms with van der Waals surface area (Å²) in [6.07, 6.45) is 0. The highest BCUT2D eigenvalue weighted by Gasteiger charge is 2.40. The number of hydrogen-bond acceptors (Lipinski definition) is 4. The molecule has 0 amide bonds. The molecule has 1 atom stereocenters. The Morgan fingerprint density at radius 3 is 2.00 bits per heavy atom. The normalized spacial score (nSPS) is 14.5. The lowest BCUT2D eigenvalue weighted by molar-refractivity contribution is -0.139. The largest absolute Gasteiger partial charge is 0.481 e. The quantitative estimate of drug-likeness (QED) is 0.679. The molecule has 66 valence electrons. The first-order valence-electron chi connectivity index (χ1n) is 2.41. The van der Waals surface area contributed by atoms with Crippen LogP contribution in [0.3, 0.4) is 0 Å². The van der Waals surface area contributed by atoms with Crippen LogP contribution in [0.1, 0.15) is 6.92 Å². The highest BCUT2D eigenvalue weighted by Crippen LogP contribution is 2.53. The zero-order chi connectivity index (χ0) is 9.07. The van der Waals surface area contributed by atoms with E-state index in [1.54, 1.807) is 0 Å². The predicted molar refractivity (Wildman–Crippen MR) is 29.1 cm³/mol. The van der Waals surface area contributed by atoms with Gasteiger partial charge in [-0.15, -0.1) is 9.46 Å². The maximum atomic E-state index is 11.3. The average Bonchev–Trinajstić information content (AvgIpc) is 2.01. The van der Waals surface area contributed by atoms with Crippen LogP contribution < -0.4 is 0 Å². The molecule has 11 heavy (non-hydrogen) atoms. The van der Waals surface area contributed by atoms with Crippen LogP contribution in [0, 0.1) is 0 Å². The Labute approximate surface area is 60.2 Å². The van der Waals surface area contributed by atoms with Gasteiger partial charge in [0.25, 0.3) is 0 Å². The molecule has 0 radical (unpaired) electrons. The Morgan fingerprint density at radius 1 is 1.55 bits per heavy atom. The Morgan fingerprint density at radius 2 is 1.91 bits per heavy atom. The van der Waals surface area contributed by atoms with E-state index < -0.39 is 19.2 Å². The fourth-order valence-corrected chi connectivity index (χ4v) is 0.796. The van der Waals surface area contributed by atoms with Crippen molar-refractivity contribution in [1.82, 2.24) is 0 Å². The second kappa shape index (κ2) is 3.75. The minimum absolute atomic E-state index is 0.794. The Kier molecular flexibility index (Phi) is 3.57. The SMILES string of the molecule is CC(C(=O)O)P(=O)(OF)OF. The Balaban J connectivity index is 4.51. The lowest BCUT2D eigenvalue weighted by atomic mass is 10.5. The summed E-state index contributed by atoms with van der Waals surface area (Å²) < 4.78 is 38.2. The number of aliphatic carboxylic acids is 1. The fourth-order valence-electron chi connectivity index (χ4n) is 0.265.